The summed E-state index contributed by atoms with van der Waals surface area (Å²) < 4.78 is 0. The lowest BCUT2D eigenvalue weighted by Gasteiger charge is -2.64. The first-order valence-corrected chi connectivity index (χ1v) is 8.65. The van der Waals surface area contributed by atoms with Crippen LogP contribution in [0, 0.1) is 16.2 Å². The number of carbonyl (C=O) groups is 2. The van der Waals surface area contributed by atoms with E-state index >= 15 is 0 Å². The molecule has 0 aromatic heterocycles. The van der Waals surface area contributed by atoms with E-state index in [1.165, 1.54) is 6.92 Å². The number of hydrogen-bond acceptors (Lipinski definition) is 2. The Bertz CT molecular complexity index is 652. The summed E-state index contributed by atoms with van der Waals surface area (Å²) in [4.78, 5) is 24.5. The average Bonchev–Trinajstić information content (AvgIpc) is 2.87. The largest absolute Gasteiger partial charge is 0.326 e. The van der Waals surface area contributed by atoms with Gasteiger partial charge in [-0.2, -0.15) is 0 Å². The molecule has 1 amide bonds. The van der Waals surface area contributed by atoms with Crippen LogP contribution >= 0.6 is 15.9 Å². The van der Waals surface area contributed by atoms with Crippen molar-refractivity contribution in [1.82, 2.24) is 0 Å². The second kappa shape index (κ2) is 4.67. The van der Waals surface area contributed by atoms with Crippen molar-refractivity contribution in [3.63, 3.8) is 0 Å². The van der Waals surface area contributed by atoms with Gasteiger partial charge < -0.3 is 5.32 Å². The van der Waals surface area contributed by atoms with Gasteiger partial charge in [0.2, 0.25) is 5.91 Å². The zero-order valence-electron chi connectivity index (χ0n) is 13.5. The SMILES string of the molecule is CC(=O)c1ccc(NC(=O)C23CCC(C)(C2Br)C3(C)C)cc1. The number of Topliss-reactive ketones (excluding diaryl/α,β-unsaturated/α-hetero) is 1. The van der Waals surface area contributed by atoms with Crippen molar-refractivity contribution in [1.29, 1.82) is 0 Å². The molecule has 2 bridgehead atoms. The molecular formula is C18H22BrNO2. The summed E-state index contributed by atoms with van der Waals surface area (Å²) in [6, 6.07) is 7.11. The highest BCUT2D eigenvalue weighted by molar-refractivity contribution is 9.09. The highest BCUT2D eigenvalue weighted by Crippen LogP contribution is 2.79. The van der Waals surface area contributed by atoms with Crippen LogP contribution < -0.4 is 5.32 Å². The standard InChI is InChI=1S/C18H22BrNO2/c1-11(21)12-5-7-13(8-6-12)20-15(22)18-10-9-17(4,14(18)19)16(18,2)3/h5-8,14H,9-10H2,1-4H3,(H,20,22). The Morgan fingerprint density at radius 3 is 2.14 bits per heavy atom. The molecule has 3 unspecified atom stereocenters. The van der Waals surface area contributed by atoms with Gasteiger partial charge in [-0.15, -0.1) is 0 Å². The van der Waals surface area contributed by atoms with Gasteiger partial charge in [-0.25, -0.2) is 0 Å². The minimum Gasteiger partial charge on any atom is -0.326 e. The fourth-order valence-corrected chi connectivity index (χ4v) is 6.30. The Morgan fingerprint density at radius 2 is 1.73 bits per heavy atom. The van der Waals surface area contributed by atoms with E-state index in [-0.39, 0.29) is 32.8 Å². The maximum absolute atomic E-state index is 13.0. The van der Waals surface area contributed by atoms with Crippen molar-refractivity contribution in [3.8, 4) is 0 Å². The fraction of sp³-hybridized carbons (Fsp3) is 0.556. The molecule has 1 aromatic carbocycles. The van der Waals surface area contributed by atoms with Crippen molar-refractivity contribution >= 4 is 33.3 Å². The molecule has 3 aliphatic rings. The van der Waals surface area contributed by atoms with E-state index in [4.69, 9.17) is 0 Å². The van der Waals surface area contributed by atoms with Gasteiger partial charge in [0.05, 0.1) is 5.41 Å². The Balaban J connectivity index is 1.82. The molecule has 0 saturated heterocycles. The van der Waals surface area contributed by atoms with Gasteiger partial charge in [-0.3, -0.25) is 9.59 Å². The maximum atomic E-state index is 13.0. The molecule has 4 heteroatoms. The van der Waals surface area contributed by atoms with Gasteiger partial charge in [0.15, 0.2) is 5.78 Å². The van der Waals surface area contributed by atoms with Gasteiger partial charge in [-0.05, 0) is 54.9 Å². The van der Waals surface area contributed by atoms with E-state index in [1.807, 2.05) is 0 Å². The van der Waals surface area contributed by atoms with Crippen LogP contribution in [0.25, 0.3) is 0 Å². The van der Waals surface area contributed by atoms with Crippen LogP contribution in [0.1, 0.15) is 50.9 Å². The van der Waals surface area contributed by atoms with Gasteiger partial charge >= 0.3 is 0 Å². The Labute approximate surface area is 140 Å². The molecule has 3 aliphatic carbocycles. The molecule has 0 aliphatic heterocycles. The first-order valence-electron chi connectivity index (χ1n) is 7.73. The number of hydrogen-bond donors (Lipinski definition) is 1. The third-order valence-electron chi connectivity index (χ3n) is 6.53. The minimum atomic E-state index is -0.346. The van der Waals surface area contributed by atoms with Crippen molar-refractivity contribution in [3.05, 3.63) is 29.8 Å². The van der Waals surface area contributed by atoms with Gasteiger partial charge in [-0.1, -0.05) is 36.7 Å². The number of carbonyl (C=O) groups excluding carboxylic acids is 2. The normalized spacial score (nSPS) is 34.9. The number of halogens is 1. The van der Waals surface area contributed by atoms with Crippen molar-refractivity contribution in [2.45, 2.75) is 45.4 Å². The number of ketones is 1. The molecule has 0 radical (unpaired) electrons. The lowest BCUT2D eigenvalue weighted by atomic mass is 9.43. The molecular weight excluding hydrogens is 342 g/mol. The predicted molar refractivity (Wildman–Crippen MR) is 91.3 cm³/mol. The van der Waals surface area contributed by atoms with Crippen LogP contribution in [0.3, 0.4) is 0 Å². The molecule has 3 atom stereocenters. The number of amides is 1. The quantitative estimate of drug-likeness (QED) is 0.638. The van der Waals surface area contributed by atoms with Crippen molar-refractivity contribution < 1.29 is 9.59 Å². The molecule has 1 N–H and O–H groups in total. The van der Waals surface area contributed by atoms with E-state index in [9.17, 15) is 9.59 Å². The summed E-state index contributed by atoms with van der Waals surface area (Å²) in [7, 11) is 0. The highest BCUT2D eigenvalue weighted by atomic mass is 79.9. The van der Waals surface area contributed by atoms with Crippen LogP contribution in [-0.2, 0) is 4.79 Å². The zero-order chi connectivity index (χ0) is 16.3. The molecule has 0 heterocycles. The summed E-state index contributed by atoms with van der Waals surface area (Å²) in [5.74, 6) is 0.119. The summed E-state index contributed by atoms with van der Waals surface area (Å²) in [5, 5.41) is 3.05. The monoisotopic (exact) mass is 363 g/mol. The first kappa shape index (κ1) is 15.7. The van der Waals surface area contributed by atoms with Crippen LogP contribution in [0.4, 0.5) is 5.69 Å². The molecule has 4 rings (SSSR count). The first-order chi connectivity index (χ1) is 10.2. The third-order valence-corrected chi connectivity index (χ3v) is 8.32. The van der Waals surface area contributed by atoms with Crippen LogP contribution in [-0.4, -0.2) is 16.5 Å². The number of anilines is 1. The number of nitrogens with one attached hydrogen (secondary N) is 1. The fourth-order valence-electron chi connectivity index (χ4n) is 4.49. The second-order valence-corrected chi connectivity index (χ2v) is 8.38. The highest BCUT2D eigenvalue weighted by Gasteiger charge is 2.80. The Hall–Kier alpha value is -1.16. The number of rotatable bonds is 3. The molecule has 22 heavy (non-hydrogen) atoms. The van der Waals surface area contributed by atoms with Crippen molar-refractivity contribution in [2.75, 3.05) is 5.32 Å². The molecule has 118 valence electrons. The van der Waals surface area contributed by atoms with Gasteiger partial charge in [0.25, 0.3) is 0 Å². The van der Waals surface area contributed by atoms with E-state index in [0.717, 1.165) is 18.5 Å². The summed E-state index contributed by atoms with van der Waals surface area (Å²) in [5.41, 5.74) is 1.23. The number of benzene rings is 1. The molecule has 3 fully saturated rings. The van der Waals surface area contributed by atoms with E-state index in [0.29, 0.717) is 5.56 Å². The second-order valence-electron chi connectivity index (χ2n) is 7.46. The van der Waals surface area contributed by atoms with Crippen LogP contribution in [0.5, 0.6) is 0 Å². The average molecular weight is 364 g/mol. The molecule has 3 nitrogen and oxygen atoms in total. The maximum Gasteiger partial charge on any atom is 0.232 e. The summed E-state index contributed by atoms with van der Waals surface area (Å²) >= 11 is 3.78. The minimum absolute atomic E-state index is 0.0163. The van der Waals surface area contributed by atoms with E-state index in [1.54, 1.807) is 24.3 Å². The number of alkyl halides is 1. The Morgan fingerprint density at radius 1 is 1.14 bits per heavy atom. The van der Waals surface area contributed by atoms with Crippen LogP contribution in [0.15, 0.2) is 24.3 Å². The topological polar surface area (TPSA) is 46.2 Å². The lowest BCUT2D eigenvalue weighted by Crippen LogP contribution is -2.68. The molecule has 0 spiro atoms. The Kier molecular flexibility index (Phi) is 3.34. The van der Waals surface area contributed by atoms with Gasteiger partial charge in [0.1, 0.15) is 0 Å². The summed E-state index contributed by atoms with van der Waals surface area (Å²) in [6.45, 7) is 8.22. The third kappa shape index (κ3) is 1.67. The van der Waals surface area contributed by atoms with Gasteiger partial charge in [0, 0.05) is 16.1 Å². The van der Waals surface area contributed by atoms with Crippen molar-refractivity contribution in [2.24, 2.45) is 16.2 Å². The number of fused-ring (bicyclic) bond motifs is 1. The van der Waals surface area contributed by atoms with E-state index in [2.05, 4.69) is 42.0 Å². The molecule has 1 aromatic rings. The predicted octanol–water partition coefficient (Wildman–Crippen LogP) is 4.42. The smallest absolute Gasteiger partial charge is 0.232 e. The molecule has 3 saturated carbocycles. The van der Waals surface area contributed by atoms with E-state index < -0.39 is 0 Å². The summed E-state index contributed by atoms with van der Waals surface area (Å²) in [6.07, 6.45) is 2.00. The lowest BCUT2D eigenvalue weighted by molar-refractivity contribution is -0.155. The van der Waals surface area contributed by atoms with Crippen LogP contribution in [0.2, 0.25) is 0 Å². The zero-order valence-corrected chi connectivity index (χ0v) is 15.1.